The number of fused-ring (bicyclic) bond motifs is 1. The van der Waals surface area contributed by atoms with Crippen molar-refractivity contribution in [1.29, 1.82) is 5.26 Å². The van der Waals surface area contributed by atoms with Crippen molar-refractivity contribution in [2.24, 2.45) is 7.05 Å². The van der Waals surface area contributed by atoms with Crippen molar-refractivity contribution in [3.05, 3.63) is 82.6 Å². The maximum absolute atomic E-state index is 15.4. The Morgan fingerprint density at radius 2 is 2.02 bits per heavy atom. The summed E-state index contributed by atoms with van der Waals surface area (Å²) in [5.41, 5.74) is 4.37. The predicted molar refractivity (Wildman–Crippen MR) is 155 cm³/mol. The molecule has 7 rings (SSSR count). The molecular formula is C32H30FN7O3. The number of aryl methyl sites for hydroxylation is 1. The number of pyridine rings is 1. The lowest BCUT2D eigenvalue weighted by Crippen LogP contribution is -2.51. The molecule has 2 aromatic carbocycles. The van der Waals surface area contributed by atoms with E-state index in [0.717, 1.165) is 35.2 Å². The number of nitrogens with zero attached hydrogens (tertiary/aromatic N) is 6. The zero-order valence-corrected chi connectivity index (χ0v) is 23.8. The number of hydrogen-bond donors (Lipinski definition) is 2. The van der Waals surface area contributed by atoms with Crippen LogP contribution in [0, 0.1) is 17.1 Å². The van der Waals surface area contributed by atoms with Gasteiger partial charge in [0.05, 0.1) is 43.0 Å². The maximum atomic E-state index is 15.4. The number of hydrogen-bond acceptors (Lipinski definition) is 8. The highest BCUT2D eigenvalue weighted by Crippen LogP contribution is 2.43. The van der Waals surface area contributed by atoms with E-state index in [1.807, 2.05) is 32.2 Å². The van der Waals surface area contributed by atoms with E-state index >= 15 is 4.39 Å². The van der Waals surface area contributed by atoms with Gasteiger partial charge in [-0.1, -0.05) is 6.07 Å². The smallest absolute Gasteiger partial charge is 0.260 e. The Bertz CT molecular complexity index is 1810. The fraction of sp³-hybridized carbons (Fsp3) is 0.344. The van der Waals surface area contributed by atoms with Crippen LogP contribution in [0.5, 0.6) is 0 Å². The van der Waals surface area contributed by atoms with Crippen LogP contribution in [0.3, 0.4) is 0 Å². The first-order chi connectivity index (χ1) is 20.7. The quantitative estimate of drug-likeness (QED) is 0.338. The first kappa shape index (κ1) is 27.3. The number of nitrogens with one attached hydrogen (secondary N) is 1. The van der Waals surface area contributed by atoms with Crippen LogP contribution in [0.1, 0.15) is 58.4 Å². The molecule has 2 N–H and O–H groups in total. The van der Waals surface area contributed by atoms with Crippen LogP contribution in [0.15, 0.2) is 48.8 Å². The number of halogens is 1. The number of anilines is 1. The molecule has 2 atom stereocenters. The fourth-order valence-electron chi connectivity index (χ4n) is 5.84. The molecule has 11 heteroatoms. The van der Waals surface area contributed by atoms with E-state index in [1.54, 1.807) is 29.1 Å². The van der Waals surface area contributed by atoms with E-state index in [-0.39, 0.29) is 25.6 Å². The molecule has 10 nitrogen and oxygen atoms in total. The van der Waals surface area contributed by atoms with E-state index in [1.165, 1.54) is 11.0 Å². The molecule has 0 bridgehead atoms. The number of aliphatic hydroxyl groups is 1. The molecular weight excluding hydrogens is 549 g/mol. The van der Waals surface area contributed by atoms with Crippen LogP contribution in [-0.4, -0.2) is 55.6 Å². The average Bonchev–Trinajstić information content (AvgIpc) is 3.58. The minimum absolute atomic E-state index is 0.0715. The van der Waals surface area contributed by atoms with Crippen molar-refractivity contribution in [1.82, 2.24) is 25.1 Å². The van der Waals surface area contributed by atoms with Crippen molar-refractivity contribution in [2.75, 3.05) is 18.1 Å². The lowest BCUT2D eigenvalue weighted by molar-refractivity contribution is 0.0994. The number of amides is 1. The van der Waals surface area contributed by atoms with Gasteiger partial charge in [0.15, 0.2) is 5.82 Å². The third kappa shape index (κ3) is 4.87. The highest BCUT2D eigenvalue weighted by atomic mass is 19.1. The van der Waals surface area contributed by atoms with Crippen molar-refractivity contribution in [2.45, 2.75) is 50.4 Å². The van der Waals surface area contributed by atoms with Gasteiger partial charge in [0.25, 0.3) is 5.91 Å². The first-order valence-corrected chi connectivity index (χ1v) is 14.3. The molecule has 43 heavy (non-hydrogen) atoms. The van der Waals surface area contributed by atoms with Crippen molar-refractivity contribution in [3.8, 4) is 28.6 Å². The number of carbonyl (C=O) groups excluding carboxylic acids is 1. The Hall–Kier alpha value is -4.50. The third-order valence-electron chi connectivity index (χ3n) is 8.67. The summed E-state index contributed by atoms with van der Waals surface area (Å²) >= 11 is 0. The summed E-state index contributed by atoms with van der Waals surface area (Å²) in [6.45, 7) is 2.80. The number of benzene rings is 2. The third-order valence-corrected chi connectivity index (χ3v) is 8.67. The monoisotopic (exact) mass is 579 g/mol. The van der Waals surface area contributed by atoms with E-state index in [2.05, 4.69) is 21.6 Å². The maximum Gasteiger partial charge on any atom is 0.260 e. The molecule has 3 aliphatic rings. The van der Waals surface area contributed by atoms with Crippen LogP contribution in [0.2, 0.25) is 0 Å². The summed E-state index contributed by atoms with van der Waals surface area (Å²) in [7, 11) is 1.84. The second-order valence-electron chi connectivity index (χ2n) is 11.8. The summed E-state index contributed by atoms with van der Waals surface area (Å²) in [6.07, 6.45) is 2.95. The Labute approximate surface area is 247 Å². The van der Waals surface area contributed by atoms with Gasteiger partial charge in [0.2, 0.25) is 0 Å². The normalized spacial score (nSPS) is 21.3. The Balaban J connectivity index is 1.24. The van der Waals surface area contributed by atoms with Gasteiger partial charge in [-0.15, -0.1) is 10.2 Å². The van der Waals surface area contributed by atoms with E-state index in [0.29, 0.717) is 46.4 Å². The summed E-state index contributed by atoms with van der Waals surface area (Å²) in [4.78, 5) is 20.2. The van der Waals surface area contributed by atoms with Crippen molar-refractivity contribution >= 4 is 11.7 Å². The second-order valence-corrected chi connectivity index (χ2v) is 11.8. The minimum Gasteiger partial charge on any atom is -0.389 e. The predicted octanol–water partition coefficient (Wildman–Crippen LogP) is 3.83. The number of rotatable bonds is 7. The second kappa shape index (κ2) is 10.3. The van der Waals surface area contributed by atoms with Crippen LogP contribution >= 0.6 is 0 Å². The standard InChI is InChI=1S/C32H30FN7O3/c1-32(16-43-15-28(32)41)35-13-19-8-24-25(26(33)9-19)14-40(31(24)42)29-11-21(10-27(37-29)20-4-5-20)22-6-3-18(12-34)7-23(22)30-38-36-17-39(30)2/h3,6-11,17,20,28,35,41H,4-5,13-16H2,1-2H3/t28-,32+/m1/s1. The molecule has 0 spiro atoms. The largest absolute Gasteiger partial charge is 0.389 e. The number of aromatic nitrogens is 4. The SMILES string of the molecule is Cn1cnnc1-c1cc(C#N)ccc1-c1cc(C2CC2)nc(N2Cc3c(F)cc(CN[C@@]4(C)COC[C@H]4O)cc3C2=O)c1. The fourth-order valence-corrected chi connectivity index (χ4v) is 5.84. The van der Waals surface area contributed by atoms with Gasteiger partial charge in [0, 0.05) is 41.9 Å². The van der Waals surface area contributed by atoms with Crippen molar-refractivity contribution < 1.29 is 19.0 Å². The molecule has 0 unspecified atom stereocenters. The van der Waals surface area contributed by atoms with Crippen LogP contribution in [-0.2, 0) is 24.9 Å². The molecule has 2 aliphatic heterocycles. The highest BCUT2D eigenvalue weighted by molar-refractivity contribution is 6.10. The van der Waals surface area contributed by atoms with Crippen LogP contribution in [0.4, 0.5) is 10.2 Å². The van der Waals surface area contributed by atoms with E-state index < -0.39 is 17.5 Å². The van der Waals surface area contributed by atoms with Crippen LogP contribution in [0.25, 0.3) is 22.5 Å². The van der Waals surface area contributed by atoms with Gasteiger partial charge in [-0.3, -0.25) is 9.69 Å². The molecule has 1 saturated heterocycles. The van der Waals surface area contributed by atoms with Crippen molar-refractivity contribution in [3.63, 3.8) is 0 Å². The lowest BCUT2D eigenvalue weighted by atomic mass is 9.96. The minimum atomic E-state index is -0.673. The molecule has 1 saturated carbocycles. The molecule has 2 fully saturated rings. The van der Waals surface area contributed by atoms with E-state index in [4.69, 9.17) is 9.72 Å². The topological polar surface area (TPSA) is 129 Å². The van der Waals surface area contributed by atoms with Gasteiger partial charge in [0.1, 0.15) is 18.0 Å². The van der Waals surface area contributed by atoms with E-state index in [9.17, 15) is 15.2 Å². The summed E-state index contributed by atoms with van der Waals surface area (Å²) in [6, 6.07) is 14.7. The first-order valence-electron chi connectivity index (χ1n) is 14.3. The molecule has 1 aliphatic carbocycles. The molecule has 1 amide bonds. The number of nitriles is 1. The summed E-state index contributed by atoms with van der Waals surface area (Å²) in [5.74, 6) is 0.587. The van der Waals surface area contributed by atoms with Gasteiger partial charge in [-0.25, -0.2) is 9.37 Å². The molecule has 2 aromatic heterocycles. The number of aliphatic hydroxyl groups excluding tert-OH is 1. The molecule has 4 heterocycles. The van der Waals surface area contributed by atoms with Gasteiger partial charge >= 0.3 is 0 Å². The zero-order chi connectivity index (χ0) is 29.9. The Kier molecular flexibility index (Phi) is 6.58. The Morgan fingerprint density at radius 3 is 2.72 bits per heavy atom. The highest BCUT2D eigenvalue weighted by Gasteiger charge is 2.39. The Morgan fingerprint density at radius 1 is 1.19 bits per heavy atom. The molecule has 218 valence electrons. The van der Waals surface area contributed by atoms with Gasteiger partial charge < -0.3 is 19.7 Å². The number of carbonyl (C=O) groups is 1. The lowest BCUT2D eigenvalue weighted by Gasteiger charge is -2.27. The molecule has 4 aromatic rings. The van der Waals surface area contributed by atoms with Gasteiger partial charge in [-0.2, -0.15) is 5.26 Å². The molecule has 0 radical (unpaired) electrons. The van der Waals surface area contributed by atoms with Gasteiger partial charge in [-0.05, 0) is 72.9 Å². The van der Waals surface area contributed by atoms with Crippen LogP contribution < -0.4 is 10.2 Å². The number of ether oxygens (including phenoxy) is 1. The summed E-state index contributed by atoms with van der Waals surface area (Å²) < 4.78 is 22.6. The summed E-state index contributed by atoms with van der Waals surface area (Å²) in [5, 5.41) is 31.4. The average molecular weight is 580 g/mol. The zero-order valence-electron chi connectivity index (χ0n) is 23.8.